The first kappa shape index (κ1) is 20.5. The Morgan fingerprint density at radius 2 is 1.88 bits per heavy atom. The summed E-state index contributed by atoms with van der Waals surface area (Å²) < 4.78 is 6.97. The fourth-order valence-electron chi connectivity index (χ4n) is 5.02. The van der Waals surface area contributed by atoms with Gasteiger partial charge in [-0.2, -0.15) is 5.10 Å². The summed E-state index contributed by atoms with van der Waals surface area (Å²) in [5, 5.41) is 4.56. The molecule has 1 fully saturated rings. The summed E-state index contributed by atoms with van der Waals surface area (Å²) in [6.07, 6.45) is 2.85. The summed E-state index contributed by atoms with van der Waals surface area (Å²) in [6.45, 7) is 6.86. The SMILES string of the molecule is COc1ccc(-n2ncc3c2N(CC(=O)N2C[C@H](C)C[C@@H](C)C2)C(=O)N2CCN=C32)cc1. The van der Waals surface area contributed by atoms with Gasteiger partial charge in [-0.1, -0.05) is 13.8 Å². The van der Waals surface area contributed by atoms with Crippen LogP contribution in [-0.4, -0.2) is 77.2 Å². The number of piperidine rings is 1. The Kier molecular flexibility index (Phi) is 5.11. The number of urea groups is 1. The number of ether oxygens (including phenoxy) is 1. The molecule has 3 amide bonds. The predicted octanol–water partition coefficient (Wildman–Crippen LogP) is 2.39. The van der Waals surface area contributed by atoms with Gasteiger partial charge in [0.05, 0.1) is 31.1 Å². The molecule has 2 atom stereocenters. The molecule has 0 radical (unpaired) electrons. The molecule has 3 aliphatic rings. The molecular formula is C23H28N6O3. The van der Waals surface area contributed by atoms with Crippen LogP contribution in [0, 0.1) is 11.8 Å². The number of rotatable bonds is 4. The van der Waals surface area contributed by atoms with E-state index in [0.717, 1.165) is 36.5 Å². The van der Waals surface area contributed by atoms with Crippen molar-refractivity contribution < 1.29 is 14.3 Å². The molecule has 3 aliphatic heterocycles. The zero-order valence-corrected chi connectivity index (χ0v) is 18.7. The Bertz CT molecular complexity index is 1070. The lowest BCUT2D eigenvalue weighted by atomic mass is 9.92. The van der Waals surface area contributed by atoms with Crippen molar-refractivity contribution in [1.82, 2.24) is 19.6 Å². The number of fused-ring (bicyclic) bond motifs is 3. The van der Waals surface area contributed by atoms with Crippen LogP contribution in [0.25, 0.3) is 5.69 Å². The number of amides is 3. The Labute approximate surface area is 187 Å². The first-order valence-corrected chi connectivity index (χ1v) is 11.1. The highest BCUT2D eigenvalue weighted by atomic mass is 16.5. The van der Waals surface area contributed by atoms with Crippen molar-refractivity contribution in [3.63, 3.8) is 0 Å². The van der Waals surface area contributed by atoms with Crippen LogP contribution < -0.4 is 9.64 Å². The number of nitrogens with zero attached hydrogens (tertiary/aromatic N) is 6. The van der Waals surface area contributed by atoms with E-state index in [1.165, 1.54) is 0 Å². The maximum absolute atomic E-state index is 13.4. The third-order valence-corrected chi connectivity index (χ3v) is 6.37. The summed E-state index contributed by atoms with van der Waals surface area (Å²) in [7, 11) is 1.62. The number of methoxy groups -OCH3 is 1. The van der Waals surface area contributed by atoms with E-state index < -0.39 is 0 Å². The highest BCUT2D eigenvalue weighted by molar-refractivity contribution is 6.20. The predicted molar refractivity (Wildman–Crippen MR) is 120 cm³/mol. The quantitative estimate of drug-likeness (QED) is 0.737. The van der Waals surface area contributed by atoms with Crippen LogP contribution >= 0.6 is 0 Å². The third kappa shape index (κ3) is 3.41. The molecular weight excluding hydrogens is 408 g/mol. The van der Waals surface area contributed by atoms with Crippen LogP contribution in [0.3, 0.4) is 0 Å². The van der Waals surface area contributed by atoms with Crippen molar-refractivity contribution >= 4 is 23.6 Å². The second-order valence-electron chi connectivity index (χ2n) is 8.96. The normalized spacial score (nSPS) is 22.5. The molecule has 5 rings (SSSR count). The summed E-state index contributed by atoms with van der Waals surface area (Å²) in [5.41, 5.74) is 1.55. The van der Waals surface area contributed by atoms with Crippen molar-refractivity contribution in [2.75, 3.05) is 44.7 Å². The van der Waals surface area contributed by atoms with Gasteiger partial charge in [0.25, 0.3) is 0 Å². The van der Waals surface area contributed by atoms with Crippen molar-refractivity contribution in [2.24, 2.45) is 16.8 Å². The van der Waals surface area contributed by atoms with E-state index in [2.05, 4.69) is 23.9 Å². The van der Waals surface area contributed by atoms with Crippen molar-refractivity contribution in [3.8, 4) is 11.4 Å². The first-order valence-electron chi connectivity index (χ1n) is 11.1. The van der Waals surface area contributed by atoms with Gasteiger partial charge >= 0.3 is 6.03 Å². The average Bonchev–Trinajstić information content (AvgIpc) is 3.43. The van der Waals surface area contributed by atoms with Gasteiger partial charge in [0, 0.05) is 19.6 Å². The maximum atomic E-state index is 13.4. The van der Waals surface area contributed by atoms with Gasteiger partial charge in [-0.25, -0.2) is 9.48 Å². The molecule has 1 aromatic heterocycles. The standard InChI is InChI=1S/C23H28N6O3/c1-15-10-16(2)13-26(12-15)20(30)14-28-22-19(21-24-8-9-27(21)23(28)31)11-25-29(22)17-4-6-18(32-3)7-5-17/h4-7,11,15-16H,8-10,12-14H2,1-3H3/t15-,16-/m1/s1. The van der Waals surface area contributed by atoms with Crippen molar-refractivity contribution in [3.05, 3.63) is 36.0 Å². The molecule has 0 bridgehead atoms. The molecule has 9 heteroatoms. The monoisotopic (exact) mass is 436 g/mol. The Morgan fingerprint density at radius 3 is 2.56 bits per heavy atom. The number of hydrogen-bond acceptors (Lipinski definition) is 5. The van der Waals surface area contributed by atoms with Gasteiger partial charge in [-0.15, -0.1) is 0 Å². The van der Waals surface area contributed by atoms with Crippen LogP contribution in [-0.2, 0) is 4.79 Å². The Morgan fingerprint density at radius 1 is 1.16 bits per heavy atom. The van der Waals surface area contributed by atoms with Crippen LogP contribution in [0.4, 0.5) is 10.6 Å². The molecule has 0 N–H and O–H groups in total. The van der Waals surface area contributed by atoms with Crippen LogP contribution in [0.1, 0.15) is 25.8 Å². The number of aliphatic imine (C=N–C) groups is 1. The van der Waals surface area contributed by atoms with Crippen LogP contribution in [0.2, 0.25) is 0 Å². The molecule has 1 aromatic carbocycles. The minimum atomic E-state index is -0.226. The molecule has 4 heterocycles. The van der Waals surface area contributed by atoms with E-state index in [1.54, 1.807) is 27.8 Å². The van der Waals surface area contributed by atoms with Gasteiger partial charge in [-0.3, -0.25) is 19.6 Å². The molecule has 1 saturated heterocycles. The highest BCUT2D eigenvalue weighted by Crippen LogP contribution is 2.33. The molecule has 168 valence electrons. The summed E-state index contributed by atoms with van der Waals surface area (Å²) in [5.74, 6) is 2.83. The summed E-state index contributed by atoms with van der Waals surface area (Å²) in [6, 6.07) is 7.23. The van der Waals surface area contributed by atoms with Gasteiger partial charge in [0.15, 0.2) is 5.82 Å². The number of amidine groups is 1. The number of anilines is 1. The zero-order chi connectivity index (χ0) is 22.4. The van der Waals surface area contributed by atoms with Gasteiger partial charge in [0.1, 0.15) is 18.1 Å². The minimum absolute atomic E-state index is 0.0170. The molecule has 0 spiro atoms. The van der Waals surface area contributed by atoms with Gasteiger partial charge in [0.2, 0.25) is 5.91 Å². The third-order valence-electron chi connectivity index (χ3n) is 6.37. The van der Waals surface area contributed by atoms with E-state index in [9.17, 15) is 9.59 Å². The highest BCUT2D eigenvalue weighted by Gasteiger charge is 2.42. The number of carbonyl (C=O) groups is 2. The molecule has 32 heavy (non-hydrogen) atoms. The number of carbonyl (C=O) groups excluding carboxylic acids is 2. The second-order valence-corrected chi connectivity index (χ2v) is 8.96. The minimum Gasteiger partial charge on any atom is -0.497 e. The Balaban J connectivity index is 1.51. The molecule has 2 aromatic rings. The molecule has 0 unspecified atom stereocenters. The summed E-state index contributed by atoms with van der Waals surface area (Å²) >= 11 is 0. The lowest BCUT2D eigenvalue weighted by molar-refractivity contribution is -0.132. The maximum Gasteiger partial charge on any atom is 0.331 e. The average molecular weight is 437 g/mol. The van der Waals surface area contributed by atoms with E-state index in [0.29, 0.717) is 36.6 Å². The Hall–Kier alpha value is -3.36. The zero-order valence-electron chi connectivity index (χ0n) is 18.7. The van der Waals surface area contributed by atoms with E-state index in [4.69, 9.17) is 4.74 Å². The number of hydrogen-bond donors (Lipinski definition) is 0. The second kappa shape index (κ2) is 7.96. The topological polar surface area (TPSA) is 83.3 Å². The van der Waals surface area contributed by atoms with E-state index >= 15 is 0 Å². The smallest absolute Gasteiger partial charge is 0.331 e. The number of likely N-dealkylation sites (tertiary alicyclic amines) is 1. The van der Waals surface area contributed by atoms with Crippen LogP contribution in [0.15, 0.2) is 35.5 Å². The van der Waals surface area contributed by atoms with Crippen molar-refractivity contribution in [2.45, 2.75) is 20.3 Å². The van der Waals surface area contributed by atoms with Crippen molar-refractivity contribution in [1.29, 1.82) is 0 Å². The van der Waals surface area contributed by atoms with Gasteiger partial charge in [-0.05, 0) is 42.5 Å². The number of aromatic nitrogens is 2. The fraction of sp³-hybridized carbons (Fsp3) is 0.478. The molecule has 9 nitrogen and oxygen atoms in total. The molecule has 0 saturated carbocycles. The van der Waals surface area contributed by atoms with Crippen LogP contribution in [0.5, 0.6) is 5.75 Å². The first-order chi connectivity index (χ1) is 15.5. The largest absolute Gasteiger partial charge is 0.497 e. The van der Waals surface area contributed by atoms with Gasteiger partial charge < -0.3 is 9.64 Å². The lowest BCUT2D eigenvalue weighted by Gasteiger charge is -2.38. The fourth-order valence-corrected chi connectivity index (χ4v) is 5.02. The lowest BCUT2D eigenvalue weighted by Crippen LogP contribution is -2.54. The van der Waals surface area contributed by atoms with E-state index in [1.807, 2.05) is 29.2 Å². The molecule has 0 aliphatic carbocycles. The summed E-state index contributed by atoms with van der Waals surface area (Å²) in [4.78, 5) is 36.4. The number of benzene rings is 1. The van der Waals surface area contributed by atoms with E-state index in [-0.39, 0.29) is 18.5 Å².